The van der Waals surface area contributed by atoms with Crippen molar-refractivity contribution in [3.63, 3.8) is 0 Å². The van der Waals surface area contributed by atoms with Crippen LogP contribution in [0.5, 0.6) is 34.5 Å². The quantitative estimate of drug-likeness (QED) is 0.0254. The van der Waals surface area contributed by atoms with E-state index in [9.17, 15) is 4.57 Å². The van der Waals surface area contributed by atoms with Gasteiger partial charge in [0.15, 0.2) is 34.5 Å². The van der Waals surface area contributed by atoms with Crippen LogP contribution in [-0.4, -0.2) is 55.6 Å². The molecule has 4 aromatic rings. The van der Waals surface area contributed by atoms with Gasteiger partial charge in [0.25, 0.3) is 0 Å². The van der Waals surface area contributed by atoms with Crippen LogP contribution in [0.1, 0.15) is 253 Å². The molecule has 74 heavy (non-hydrogen) atoms. The predicted molar refractivity (Wildman–Crippen MR) is 314 cm³/mol. The zero-order chi connectivity index (χ0) is 52.9. The fourth-order valence-electron chi connectivity index (χ4n) is 9.97. The Hall–Kier alpha value is -3.39. The summed E-state index contributed by atoms with van der Waals surface area (Å²) in [6, 6.07) is 13.4. The maximum atomic E-state index is 11.0. The summed E-state index contributed by atoms with van der Waals surface area (Å²) < 4.78 is 51.3. The summed E-state index contributed by atoms with van der Waals surface area (Å²) in [5.74, 6) is 4.80. The maximum Gasteiger partial charge on any atom is 0.325 e. The van der Waals surface area contributed by atoms with Gasteiger partial charge >= 0.3 is 7.60 Å². The van der Waals surface area contributed by atoms with Gasteiger partial charge < -0.3 is 38.2 Å². The molecule has 4 aromatic carbocycles. The van der Waals surface area contributed by atoms with Gasteiger partial charge in [0, 0.05) is 6.16 Å². The second kappa shape index (κ2) is 39.0. The minimum atomic E-state index is -3.84. The molecule has 0 fully saturated rings. The highest BCUT2D eigenvalue weighted by Gasteiger charge is 2.21. The number of ether oxygens (including phenoxy) is 6. The number of unbranched alkanes of at least 4 members (excludes halogenated alkanes) is 28. The maximum absolute atomic E-state index is 11.0. The molecule has 0 saturated carbocycles. The van der Waals surface area contributed by atoms with Gasteiger partial charge in [-0.2, -0.15) is 0 Å². The first-order chi connectivity index (χ1) is 36.2. The number of benzene rings is 4. The van der Waals surface area contributed by atoms with Crippen LogP contribution in [0.15, 0.2) is 36.4 Å². The second-order valence-corrected chi connectivity index (χ2v) is 23.0. The molecule has 0 heterocycles. The topological polar surface area (TPSA) is 113 Å². The Kier molecular flexibility index (Phi) is 33.3. The van der Waals surface area contributed by atoms with E-state index in [0.717, 1.165) is 157 Å². The van der Waals surface area contributed by atoms with Gasteiger partial charge in [-0.1, -0.05) is 208 Å². The second-order valence-electron chi connectivity index (χ2n) is 21.3. The van der Waals surface area contributed by atoms with E-state index in [1.54, 1.807) is 0 Å². The van der Waals surface area contributed by atoms with Crippen LogP contribution in [-0.2, 0) is 4.57 Å². The average molecular weight is 1050 g/mol. The first-order valence-corrected chi connectivity index (χ1v) is 32.4. The van der Waals surface area contributed by atoms with Crippen LogP contribution in [0.3, 0.4) is 0 Å². The van der Waals surface area contributed by atoms with Crippen molar-refractivity contribution in [3.8, 4) is 34.5 Å². The van der Waals surface area contributed by atoms with Gasteiger partial charge in [-0.25, -0.2) is 0 Å². The van der Waals surface area contributed by atoms with E-state index >= 15 is 0 Å². The highest BCUT2D eigenvalue weighted by atomic mass is 31.2. The molecule has 0 unspecified atom stereocenters. The lowest BCUT2D eigenvalue weighted by Gasteiger charge is -2.21. The van der Waals surface area contributed by atoms with E-state index < -0.39 is 7.60 Å². The van der Waals surface area contributed by atoms with E-state index in [0.29, 0.717) is 46.1 Å². The number of rotatable bonds is 48. The molecule has 2 N–H and O–H groups in total. The molecule has 0 atom stereocenters. The van der Waals surface area contributed by atoms with Crippen molar-refractivity contribution in [2.45, 2.75) is 253 Å². The van der Waals surface area contributed by atoms with Gasteiger partial charge in [0.1, 0.15) is 0 Å². The van der Waals surface area contributed by atoms with Crippen molar-refractivity contribution in [1.82, 2.24) is 0 Å². The fraction of sp³-hybridized carbons (Fsp3) is 0.719. The van der Waals surface area contributed by atoms with Crippen molar-refractivity contribution in [2.75, 3.05) is 45.8 Å². The first kappa shape index (κ1) is 63.1. The van der Waals surface area contributed by atoms with E-state index in [1.165, 1.54) is 122 Å². The van der Waals surface area contributed by atoms with Gasteiger partial charge in [0.05, 0.1) is 39.6 Å². The van der Waals surface area contributed by atoms with Crippen LogP contribution < -0.4 is 28.4 Å². The fourth-order valence-corrected chi connectivity index (χ4v) is 10.6. The Morgan fingerprint density at radius 3 is 0.608 bits per heavy atom. The van der Waals surface area contributed by atoms with Gasteiger partial charge in [-0.3, -0.25) is 4.57 Å². The third-order valence-electron chi connectivity index (χ3n) is 14.5. The minimum absolute atomic E-state index is 0.0242. The number of hydrogen-bond donors (Lipinski definition) is 2. The van der Waals surface area contributed by atoms with Crippen LogP contribution in [0.2, 0.25) is 0 Å². The third kappa shape index (κ3) is 24.7. The lowest BCUT2D eigenvalue weighted by molar-refractivity contribution is 0.259. The van der Waals surface area contributed by atoms with Crippen LogP contribution in [0.4, 0.5) is 0 Å². The summed E-state index contributed by atoms with van der Waals surface area (Å²) in [5.41, 5.74) is 0. The Balaban J connectivity index is 1.65. The van der Waals surface area contributed by atoms with Gasteiger partial charge in [-0.15, -0.1) is 0 Å². The molecular formula is C64H105O9P. The van der Waals surface area contributed by atoms with E-state index in [1.807, 2.05) is 0 Å². The van der Waals surface area contributed by atoms with Gasteiger partial charge in [0.2, 0.25) is 0 Å². The highest BCUT2D eigenvalue weighted by Crippen LogP contribution is 2.47. The summed E-state index contributed by atoms with van der Waals surface area (Å²) in [6.07, 6.45) is 38.7. The standard InChI is InChI=1S/C64H105O9P/c1-6-11-16-33-40-68-59-47-53-54-48-60(69-41-34-17-12-7-2)62(71-43-36-19-14-9-4)50-56(54)58-52-64(73-45-38-31-29-27-25-23-21-22-24-26-28-30-32-39-46-74(65,66)67)63(72-44-37-20-15-10-5)51-57(58)55(53)49-61(59)70-42-35-18-13-8-3/h47-52H,6-46H2,1-5H3,(H2,65,66,67). The van der Waals surface area contributed by atoms with Crippen molar-refractivity contribution in [1.29, 1.82) is 0 Å². The average Bonchev–Trinajstić information content (AvgIpc) is 3.39. The summed E-state index contributed by atoms with van der Waals surface area (Å²) >= 11 is 0. The molecule has 0 aliphatic carbocycles. The third-order valence-corrected chi connectivity index (χ3v) is 15.4. The molecular weight excluding hydrogens is 944 g/mol. The molecule has 0 saturated heterocycles. The Morgan fingerprint density at radius 2 is 0.432 bits per heavy atom. The molecule has 0 aromatic heterocycles. The lowest BCUT2D eigenvalue weighted by Crippen LogP contribution is -2.05. The summed E-state index contributed by atoms with van der Waals surface area (Å²) in [6.45, 7) is 15.1. The van der Waals surface area contributed by atoms with E-state index in [2.05, 4.69) is 71.0 Å². The summed E-state index contributed by atoms with van der Waals surface area (Å²) in [4.78, 5) is 18.1. The van der Waals surface area contributed by atoms with Gasteiger partial charge in [-0.05, 0) is 114 Å². The molecule has 0 bridgehead atoms. The minimum Gasteiger partial charge on any atom is -0.490 e. The number of fused-ring (bicyclic) bond motifs is 6. The van der Waals surface area contributed by atoms with E-state index in [4.69, 9.17) is 38.2 Å². The summed E-state index contributed by atoms with van der Waals surface area (Å²) in [7, 11) is -3.84. The van der Waals surface area contributed by atoms with Crippen molar-refractivity contribution in [2.24, 2.45) is 0 Å². The molecule has 9 nitrogen and oxygen atoms in total. The van der Waals surface area contributed by atoms with E-state index in [-0.39, 0.29) is 6.16 Å². The predicted octanol–water partition coefficient (Wildman–Crippen LogP) is 20.0. The van der Waals surface area contributed by atoms with Crippen molar-refractivity contribution in [3.05, 3.63) is 36.4 Å². The monoisotopic (exact) mass is 1050 g/mol. The zero-order valence-corrected chi connectivity index (χ0v) is 48.5. The Labute approximate surface area is 450 Å². The Morgan fingerprint density at radius 1 is 0.270 bits per heavy atom. The lowest BCUT2D eigenvalue weighted by atomic mass is 9.93. The zero-order valence-electron chi connectivity index (χ0n) is 47.7. The Bertz CT molecular complexity index is 2080. The molecule has 0 amide bonds. The largest absolute Gasteiger partial charge is 0.490 e. The SMILES string of the molecule is CCCCCCOc1cc2c3cc(OCCCCCC)c(OCCCCCC)cc3c3cc(OCCCCCCCCCCCCCCCCP(=O)(O)O)c(OCCCCCC)cc3c2cc1OCCCCCC. The molecule has 420 valence electrons. The molecule has 0 spiro atoms. The smallest absolute Gasteiger partial charge is 0.325 e. The van der Waals surface area contributed by atoms with Crippen molar-refractivity contribution >= 4 is 39.9 Å². The molecule has 4 rings (SSSR count). The molecule has 0 aliphatic rings. The molecule has 0 aliphatic heterocycles. The summed E-state index contributed by atoms with van der Waals surface area (Å²) in [5, 5.41) is 6.62. The van der Waals surface area contributed by atoms with Crippen LogP contribution >= 0.6 is 7.60 Å². The molecule has 10 heteroatoms. The van der Waals surface area contributed by atoms with Crippen molar-refractivity contribution < 1.29 is 42.8 Å². The first-order valence-electron chi connectivity index (χ1n) is 30.6. The number of hydrogen-bond acceptors (Lipinski definition) is 7. The highest BCUT2D eigenvalue weighted by molar-refractivity contribution is 7.51. The molecule has 0 radical (unpaired) electrons. The normalized spacial score (nSPS) is 11.8. The van der Waals surface area contributed by atoms with Crippen LogP contribution in [0, 0.1) is 0 Å². The van der Waals surface area contributed by atoms with Crippen LogP contribution in [0.25, 0.3) is 32.3 Å².